The number of rotatable bonds is 4. The maximum atomic E-state index is 5.12. The maximum Gasteiger partial charge on any atom is 0.221 e. The van der Waals surface area contributed by atoms with Crippen molar-refractivity contribution in [2.75, 3.05) is 12.4 Å². The van der Waals surface area contributed by atoms with Crippen molar-refractivity contribution in [1.82, 2.24) is 24.7 Å². The fourth-order valence-corrected chi connectivity index (χ4v) is 1.45. The van der Waals surface area contributed by atoms with E-state index in [4.69, 9.17) is 4.74 Å². The van der Waals surface area contributed by atoms with Crippen LogP contribution < -0.4 is 10.1 Å². The predicted octanol–water partition coefficient (Wildman–Crippen LogP) is 0.534. The van der Waals surface area contributed by atoms with E-state index in [-0.39, 0.29) is 0 Å². The summed E-state index contributed by atoms with van der Waals surface area (Å²) in [6.45, 7) is 2.41. The van der Waals surface area contributed by atoms with E-state index in [2.05, 4.69) is 25.4 Å². The van der Waals surface area contributed by atoms with Crippen LogP contribution in [0.4, 0.5) is 5.82 Å². The van der Waals surface area contributed by atoms with Crippen molar-refractivity contribution in [2.45, 2.75) is 13.5 Å². The molecular weight excluding hydrogens is 220 g/mol. The third-order valence-electron chi connectivity index (χ3n) is 2.29. The summed E-state index contributed by atoms with van der Waals surface area (Å²) in [7, 11) is 3.41. The van der Waals surface area contributed by atoms with Crippen molar-refractivity contribution in [3.8, 4) is 5.88 Å². The quantitative estimate of drug-likeness (QED) is 0.831. The molecule has 0 unspecified atom stereocenters. The van der Waals surface area contributed by atoms with E-state index < -0.39 is 0 Å². The van der Waals surface area contributed by atoms with Crippen molar-refractivity contribution >= 4 is 5.82 Å². The predicted molar refractivity (Wildman–Crippen MR) is 61.7 cm³/mol. The largest absolute Gasteiger partial charge is 0.481 e. The summed E-state index contributed by atoms with van der Waals surface area (Å²) in [4.78, 5) is 12.3. The Bertz CT molecular complexity index is 509. The summed E-state index contributed by atoms with van der Waals surface area (Å²) < 4.78 is 6.77. The topological polar surface area (TPSA) is 77.8 Å². The van der Waals surface area contributed by atoms with Crippen molar-refractivity contribution < 1.29 is 4.74 Å². The van der Waals surface area contributed by atoms with Gasteiger partial charge in [0.1, 0.15) is 18.5 Å². The van der Waals surface area contributed by atoms with Crippen LogP contribution in [-0.4, -0.2) is 31.8 Å². The summed E-state index contributed by atoms with van der Waals surface area (Å²) >= 11 is 0. The Hall–Kier alpha value is -2.18. The van der Waals surface area contributed by atoms with Crippen LogP contribution in [0.1, 0.15) is 11.4 Å². The Labute approximate surface area is 98.9 Å². The lowest BCUT2D eigenvalue weighted by Crippen LogP contribution is -2.06. The molecule has 0 aliphatic heterocycles. The van der Waals surface area contributed by atoms with Gasteiger partial charge in [-0.1, -0.05) is 0 Å². The minimum absolute atomic E-state index is 0.516. The van der Waals surface area contributed by atoms with E-state index in [1.54, 1.807) is 18.1 Å². The Balaban J connectivity index is 2.09. The Morgan fingerprint density at radius 1 is 1.35 bits per heavy atom. The van der Waals surface area contributed by atoms with Gasteiger partial charge in [0.2, 0.25) is 5.88 Å². The first kappa shape index (κ1) is 11.3. The van der Waals surface area contributed by atoms with E-state index in [0.29, 0.717) is 18.2 Å². The van der Waals surface area contributed by atoms with Crippen LogP contribution in [0, 0.1) is 6.92 Å². The van der Waals surface area contributed by atoms with Gasteiger partial charge in [0.15, 0.2) is 5.82 Å². The summed E-state index contributed by atoms with van der Waals surface area (Å²) in [6, 6.07) is 0. The van der Waals surface area contributed by atoms with E-state index >= 15 is 0 Å². The maximum absolute atomic E-state index is 5.12. The van der Waals surface area contributed by atoms with Gasteiger partial charge in [-0.3, -0.25) is 4.68 Å². The second-order valence-corrected chi connectivity index (χ2v) is 3.54. The van der Waals surface area contributed by atoms with Gasteiger partial charge in [0.05, 0.1) is 19.2 Å². The van der Waals surface area contributed by atoms with Crippen LogP contribution in [-0.2, 0) is 13.6 Å². The first-order valence-electron chi connectivity index (χ1n) is 5.14. The van der Waals surface area contributed by atoms with Crippen LogP contribution in [0.5, 0.6) is 5.88 Å². The zero-order valence-electron chi connectivity index (χ0n) is 10.0. The van der Waals surface area contributed by atoms with Crippen molar-refractivity contribution in [2.24, 2.45) is 7.05 Å². The third-order valence-corrected chi connectivity index (χ3v) is 2.29. The molecule has 17 heavy (non-hydrogen) atoms. The zero-order chi connectivity index (χ0) is 12.3. The Kier molecular flexibility index (Phi) is 3.17. The van der Waals surface area contributed by atoms with Gasteiger partial charge >= 0.3 is 0 Å². The molecule has 0 spiro atoms. The number of hydrogen-bond acceptors (Lipinski definition) is 6. The minimum Gasteiger partial charge on any atom is -0.481 e. The highest BCUT2D eigenvalue weighted by molar-refractivity contribution is 5.47. The molecular formula is C10H14N6O. The molecule has 0 radical (unpaired) electrons. The van der Waals surface area contributed by atoms with Crippen molar-refractivity contribution in [3.63, 3.8) is 0 Å². The molecule has 2 heterocycles. The highest BCUT2D eigenvalue weighted by Gasteiger charge is 2.07. The Morgan fingerprint density at radius 3 is 2.82 bits per heavy atom. The zero-order valence-corrected chi connectivity index (χ0v) is 10.0. The van der Waals surface area contributed by atoms with Crippen LogP contribution in [0.25, 0.3) is 0 Å². The average molecular weight is 234 g/mol. The standard InChI is InChI=1S/C10H14N6O/c1-7-9(12-5-13-10(7)17-3)11-4-8-14-6-16(2)15-8/h5-6H,4H2,1-3H3,(H,11,12,13). The number of nitrogens with zero attached hydrogens (tertiary/aromatic N) is 5. The third kappa shape index (κ3) is 2.49. The van der Waals surface area contributed by atoms with Crippen LogP contribution in [0.15, 0.2) is 12.7 Å². The molecule has 7 heteroatoms. The average Bonchev–Trinajstić information content (AvgIpc) is 2.74. The van der Waals surface area contributed by atoms with Crippen molar-refractivity contribution in [1.29, 1.82) is 0 Å². The lowest BCUT2D eigenvalue weighted by atomic mass is 10.3. The SMILES string of the molecule is COc1ncnc(NCc2ncn(C)n2)c1C. The lowest BCUT2D eigenvalue weighted by Gasteiger charge is -2.08. The molecule has 0 bridgehead atoms. The first-order valence-corrected chi connectivity index (χ1v) is 5.14. The number of nitrogens with one attached hydrogen (secondary N) is 1. The molecule has 1 N–H and O–H groups in total. The molecule has 0 atom stereocenters. The first-order chi connectivity index (χ1) is 8.20. The van der Waals surface area contributed by atoms with Crippen molar-refractivity contribution in [3.05, 3.63) is 24.0 Å². The number of ether oxygens (including phenoxy) is 1. The highest BCUT2D eigenvalue weighted by atomic mass is 16.5. The summed E-state index contributed by atoms with van der Waals surface area (Å²) in [5, 5.41) is 7.31. The fraction of sp³-hybridized carbons (Fsp3) is 0.400. The molecule has 0 aliphatic carbocycles. The number of hydrogen-bond donors (Lipinski definition) is 1. The molecule has 90 valence electrons. The summed E-state index contributed by atoms with van der Waals surface area (Å²) in [5.74, 6) is 2.00. The summed E-state index contributed by atoms with van der Waals surface area (Å²) in [5.41, 5.74) is 0.867. The molecule has 2 aromatic rings. The molecule has 0 aromatic carbocycles. The molecule has 0 fully saturated rings. The van der Waals surface area contributed by atoms with Gasteiger partial charge in [0, 0.05) is 7.05 Å². The minimum atomic E-state index is 0.516. The smallest absolute Gasteiger partial charge is 0.221 e. The monoisotopic (exact) mass is 234 g/mol. The molecule has 0 saturated carbocycles. The van der Waals surface area contributed by atoms with Crippen LogP contribution in [0.3, 0.4) is 0 Å². The highest BCUT2D eigenvalue weighted by Crippen LogP contribution is 2.19. The molecule has 2 rings (SSSR count). The van der Waals surface area contributed by atoms with Gasteiger partial charge in [-0.25, -0.2) is 15.0 Å². The van der Waals surface area contributed by atoms with E-state index in [1.807, 2.05) is 14.0 Å². The summed E-state index contributed by atoms with van der Waals surface area (Å²) in [6.07, 6.45) is 3.12. The van der Waals surface area contributed by atoms with Gasteiger partial charge < -0.3 is 10.1 Å². The van der Waals surface area contributed by atoms with Crippen LogP contribution in [0.2, 0.25) is 0 Å². The second kappa shape index (κ2) is 4.77. The van der Waals surface area contributed by atoms with Gasteiger partial charge in [-0.15, -0.1) is 0 Å². The number of aromatic nitrogens is 5. The number of methoxy groups -OCH3 is 1. The Morgan fingerprint density at radius 2 is 2.18 bits per heavy atom. The fourth-order valence-electron chi connectivity index (χ4n) is 1.45. The van der Waals surface area contributed by atoms with E-state index in [9.17, 15) is 0 Å². The van der Waals surface area contributed by atoms with Gasteiger partial charge in [0.25, 0.3) is 0 Å². The van der Waals surface area contributed by atoms with Crippen LogP contribution >= 0.6 is 0 Å². The molecule has 0 saturated heterocycles. The molecule has 7 nitrogen and oxygen atoms in total. The molecule has 2 aromatic heterocycles. The van der Waals surface area contributed by atoms with Gasteiger partial charge in [-0.05, 0) is 6.92 Å². The lowest BCUT2D eigenvalue weighted by molar-refractivity contribution is 0.393. The molecule has 0 aliphatic rings. The normalized spacial score (nSPS) is 10.3. The van der Waals surface area contributed by atoms with Gasteiger partial charge in [-0.2, -0.15) is 5.10 Å². The number of anilines is 1. The second-order valence-electron chi connectivity index (χ2n) is 3.54. The van der Waals surface area contributed by atoms with E-state index in [1.165, 1.54) is 6.33 Å². The molecule has 0 amide bonds. The van der Waals surface area contributed by atoms with E-state index in [0.717, 1.165) is 11.4 Å². The number of aryl methyl sites for hydroxylation is 1.